The Morgan fingerprint density at radius 3 is 2.44 bits per heavy atom. The normalized spacial score (nSPS) is 24.0. The van der Waals surface area contributed by atoms with Gasteiger partial charge in [-0.25, -0.2) is 0 Å². The standard InChI is InChI=1S/C40H51N9O5/c1-43-38(52)34(6-4-20-50)49-39(53)30-9-8-27(21-32(30)40(49)54)26-10-14-47(15-11-26)28-12-13-45(24-28)16-17-46-18-19-48-29(25-46)23-44-37(42)35(48)22-33(41)31-5-2-3-7-36(31)51/h2-3,5,7-9,20-22,26,28-29,34,41,51H,4,6,10-19,23-25H2,1H3,(H2,42,44)(H,43,52)/b35-22+,41-33?. The van der Waals surface area contributed by atoms with Crippen molar-refractivity contribution in [1.82, 2.24) is 29.8 Å². The van der Waals surface area contributed by atoms with Gasteiger partial charge in [-0.15, -0.1) is 0 Å². The summed E-state index contributed by atoms with van der Waals surface area (Å²) in [7, 11) is 1.46. The molecule has 3 saturated heterocycles. The molecule has 5 N–H and O–H groups in total. The number of benzene rings is 2. The van der Waals surface area contributed by atoms with E-state index in [1.54, 1.807) is 30.3 Å². The fourth-order valence-corrected chi connectivity index (χ4v) is 8.88. The molecule has 5 aliphatic heterocycles. The molecule has 0 spiro atoms. The number of para-hydroxylation sites is 1. The number of nitrogens with two attached hydrogens (primary N) is 1. The molecule has 3 amide bonds. The van der Waals surface area contributed by atoms with Crippen LogP contribution >= 0.6 is 0 Å². The molecule has 14 heteroatoms. The summed E-state index contributed by atoms with van der Waals surface area (Å²) in [6, 6.07) is 12.1. The highest BCUT2D eigenvalue weighted by atomic mass is 16.3. The number of imide groups is 1. The molecule has 3 unspecified atom stereocenters. The quantitative estimate of drug-likeness (QED) is 0.142. The molecule has 286 valence electrons. The second-order valence-corrected chi connectivity index (χ2v) is 15.0. The van der Waals surface area contributed by atoms with E-state index >= 15 is 0 Å². The van der Waals surface area contributed by atoms with Crippen molar-refractivity contribution in [2.75, 3.05) is 72.5 Å². The van der Waals surface area contributed by atoms with E-state index < -0.39 is 23.8 Å². The van der Waals surface area contributed by atoms with Gasteiger partial charge in [0.2, 0.25) is 5.91 Å². The number of fused-ring (bicyclic) bond motifs is 2. The molecular weight excluding hydrogens is 686 g/mol. The van der Waals surface area contributed by atoms with Crippen LogP contribution in [0.2, 0.25) is 0 Å². The summed E-state index contributed by atoms with van der Waals surface area (Å²) < 4.78 is 0. The fourth-order valence-electron chi connectivity index (χ4n) is 8.88. The highest BCUT2D eigenvalue weighted by molar-refractivity contribution is 6.23. The van der Waals surface area contributed by atoms with Crippen molar-refractivity contribution < 1.29 is 24.3 Å². The zero-order valence-electron chi connectivity index (χ0n) is 31.0. The van der Waals surface area contributed by atoms with E-state index in [0.29, 0.717) is 41.4 Å². The number of rotatable bonds is 12. The average molecular weight is 738 g/mol. The number of carbonyl (C=O) groups is 4. The smallest absolute Gasteiger partial charge is 0.262 e. The Kier molecular flexibility index (Phi) is 11.2. The molecule has 0 bridgehead atoms. The average Bonchev–Trinajstić information content (AvgIpc) is 3.77. The Hall–Kier alpha value is -4.92. The number of hydrogen-bond acceptors (Lipinski definition) is 12. The number of carbonyl (C=O) groups excluding carboxylic acids is 4. The number of aldehydes is 1. The third-order valence-electron chi connectivity index (χ3n) is 11.9. The second-order valence-electron chi connectivity index (χ2n) is 15.0. The molecule has 5 heterocycles. The first-order valence-corrected chi connectivity index (χ1v) is 19.2. The molecule has 2 aromatic rings. The lowest BCUT2D eigenvalue weighted by Gasteiger charge is -2.45. The molecule has 7 rings (SSSR count). The number of phenolic OH excluding ortho intramolecular Hbond substituents is 1. The number of amides is 3. The first kappa shape index (κ1) is 37.4. The molecule has 3 fully saturated rings. The Labute approximate surface area is 316 Å². The molecule has 0 aliphatic carbocycles. The number of likely N-dealkylation sites (N-methyl/N-ethyl adjacent to an activating group) is 1. The number of aromatic hydroxyl groups is 1. The number of nitrogens with one attached hydrogen (secondary N) is 2. The van der Waals surface area contributed by atoms with Gasteiger partial charge in [0.25, 0.3) is 11.8 Å². The number of nitrogens with zero attached hydrogens (tertiary/aromatic N) is 6. The number of piperidine rings is 1. The lowest BCUT2D eigenvalue weighted by Crippen LogP contribution is -2.58. The van der Waals surface area contributed by atoms with Crippen molar-refractivity contribution in [3.05, 3.63) is 76.5 Å². The van der Waals surface area contributed by atoms with Crippen molar-refractivity contribution in [3.8, 4) is 5.75 Å². The molecule has 0 radical (unpaired) electrons. The van der Waals surface area contributed by atoms with E-state index in [1.807, 2.05) is 18.2 Å². The largest absolute Gasteiger partial charge is 0.507 e. The van der Waals surface area contributed by atoms with Crippen molar-refractivity contribution in [1.29, 1.82) is 5.41 Å². The van der Waals surface area contributed by atoms with Gasteiger partial charge in [-0.05, 0) is 87.1 Å². The van der Waals surface area contributed by atoms with E-state index in [0.717, 1.165) is 94.3 Å². The van der Waals surface area contributed by atoms with Crippen LogP contribution in [0.25, 0.3) is 0 Å². The number of hydrogen-bond donors (Lipinski definition) is 4. The molecule has 2 aromatic carbocycles. The van der Waals surface area contributed by atoms with Crippen molar-refractivity contribution in [2.45, 2.75) is 56.1 Å². The zero-order valence-corrected chi connectivity index (χ0v) is 31.0. The van der Waals surface area contributed by atoms with Crippen LogP contribution in [-0.2, 0) is 9.59 Å². The topological polar surface area (TPSA) is 179 Å². The van der Waals surface area contributed by atoms with Gasteiger partial charge in [0.05, 0.1) is 35.1 Å². The van der Waals surface area contributed by atoms with Gasteiger partial charge in [0.1, 0.15) is 23.9 Å². The van der Waals surface area contributed by atoms with E-state index in [9.17, 15) is 24.3 Å². The maximum Gasteiger partial charge on any atom is 0.262 e. The molecule has 14 nitrogen and oxygen atoms in total. The van der Waals surface area contributed by atoms with Gasteiger partial charge in [0.15, 0.2) is 0 Å². The van der Waals surface area contributed by atoms with Crippen LogP contribution in [0.4, 0.5) is 0 Å². The minimum atomic E-state index is -1.02. The van der Waals surface area contributed by atoms with Gasteiger partial charge >= 0.3 is 0 Å². The van der Waals surface area contributed by atoms with E-state index in [2.05, 4.69) is 29.9 Å². The maximum absolute atomic E-state index is 13.4. The fraction of sp³-hybridized carbons (Fsp3) is 0.500. The maximum atomic E-state index is 13.4. The Balaban J connectivity index is 0.881. The summed E-state index contributed by atoms with van der Waals surface area (Å²) in [6.07, 6.45) is 5.70. The second kappa shape index (κ2) is 16.2. The van der Waals surface area contributed by atoms with E-state index in [-0.39, 0.29) is 36.3 Å². The van der Waals surface area contributed by atoms with Crippen molar-refractivity contribution in [2.24, 2.45) is 10.7 Å². The number of aliphatic imine (C=N–C) groups is 1. The van der Waals surface area contributed by atoms with Crippen LogP contribution in [-0.4, -0.2) is 156 Å². The molecule has 54 heavy (non-hydrogen) atoms. The number of amidine groups is 1. The summed E-state index contributed by atoms with van der Waals surface area (Å²) >= 11 is 0. The van der Waals surface area contributed by atoms with E-state index in [4.69, 9.17) is 11.1 Å². The minimum Gasteiger partial charge on any atom is -0.507 e. The van der Waals surface area contributed by atoms with Crippen LogP contribution < -0.4 is 11.1 Å². The first-order chi connectivity index (χ1) is 26.2. The van der Waals surface area contributed by atoms with Crippen LogP contribution in [0, 0.1) is 5.41 Å². The summed E-state index contributed by atoms with van der Waals surface area (Å²) in [4.78, 5) is 65.9. The molecule has 3 atom stereocenters. The van der Waals surface area contributed by atoms with Crippen LogP contribution in [0.15, 0.2) is 59.2 Å². The van der Waals surface area contributed by atoms with Crippen LogP contribution in [0.3, 0.4) is 0 Å². The lowest BCUT2D eigenvalue weighted by atomic mass is 9.87. The van der Waals surface area contributed by atoms with Gasteiger partial charge in [-0.3, -0.25) is 34.1 Å². The molecule has 5 aliphatic rings. The highest BCUT2D eigenvalue weighted by Gasteiger charge is 2.43. The summed E-state index contributed by atoms with van der Waals surface area (Å²) in [5, 5.41) is 21.4. The summed E-state index contributed by atoms with van der Waals surface area (Å²) in [5.41, 5.74) is 9.47. The SMILES string of the molecule is CNC(=O)C(CCC=O)N1C(=O)c2ccc(C3CCN(C4CCN(CCN5CCN6/C(=C/C(=N)c7ccccc7O)C(N)=NCC6C5)C4)CC3)cc2C1=O. The van der Waals surface area contributed by atoms with Gasteiger partial charge in [-0.1, -0.05) is 18.2 Å². The molecule has 0 saturated carbocycles. The predicted octanol–water partition coefficient (Wildman–Crippen LogP) is 1.64. The summed E-state index contributed by atoms with van der Waals surface area (Å²) in [5.74, 6) is -0.606. The van der Waals surface area contributed by atoms with Crippen LogP contribution in [0.5, 0.6) is 5.75 Å². The Morgan fingerprint density at radius 2 is 1.70 bits per heavy atom. The van der Waals surface area contributed by atoms with Crippen LogP contribution in [0.1, 0.15) is 69.9 Å². The van der Waals surface area contributed by atoms with E-state index in [1.165, 1.54) is 7.05 Å². The predicted molar refractivity (Wildman–Crippen MR) is 205 cm³/mol. The van der Waals surface area contributed by atoms with Crippen molar-refractivity contribution >= 4 is 35.6 Å². The van der Waals surface area contributed by atoms with Gasteiger partial charge < -0.3 is 36.2 Å². The third-order valence-corrected chi connectivity index (χ3v) is 11.9. The first-order valence-electron chi connectivity index (χ1n) is 19.2. The third kappa shape index (κ3) is 7.55. The van der Waals surface area contributed by atoms with Gasteiger partial charge in [0, 0.05) is 64.3 Å². The number of allylic oxidation sites excluding steroid dienone is 1. The lowest BCUT2D eigenvalue weighted by molar-refractivity contribution is -0.124. The Morgan fingerprint density at radius 1 is 0.981 bits per heavy atom. The highest BCUT2D eigenvalue weighted by Crippen LogP contribution is 2.34. The number of piperazine rings is 1. The van der Waals surface area contributed by atoms with Gasteiger partial charge in [-0.2, -0.15) is 0 Å². The monoisotopic (exact) mass is 737 g/mol. The molecular formula is C40H51N9O5. The Bertz CT molecular complexity index is 1850. The summed E-state index contributed by atoms with van der Waals surface area (Å²) in [6.45, 7) is 9.33. The number of likely N-dealkylation sites (tertiary alicyclic amines) is 2. The zero-order chi connectivity index (χ0) is 37.9. The van der Waals surface area contributed by atoms with Crippen molar-refractivity contribution in [3.63, 3.8) is 0 Å². The molecule has 0 aromatic heterocycles. The number of phenols is 1. The minimum absolute atomic E-state index is 0.0749.